The lowest BCUT2D eigenvalue weighted by Crippen LogP contribution is -2.56. The van der Waals surface area contributed by atoms with Crippen LogP contribution in [-0.2, 0) is 26.9 Å². The van der Waals surface area contributed by atoms with Gasteiger partial charge in [0.05, 0.1) is 12.1 Å². The predicted octanol–water partition coefficient (Wildman–Crippen LogP) is 6.66. The first-order valence-electron chi connectivity index (χ1n) is 12.6. The van der Waals surface area contributed by atoms with Crippen LogP contribution in [0.5, 0.6) is 0 Å². The van der Waals surface area contributed by atoms with E-state index in [0.717, 1.165) is 18.4 Å². The van der Waals surface area contributed by atoms with Crippen LogP contribution in [0.15, 0.2) is 36.4 Å². The van der Waals surface area contributed by atoms with Crippen LogP contribution in [-0.4, -0.2) is 42.8 Å². The average Bonchev–Trinajstić information content (AvgIpc) is 2.71. The molecule has 0 saturated heterocycles. The van der Waals surface area contributed by atoms with Crippen LogP contribution in [0.2, 0.25) is 18.1 Å². The van der Waals surface area contributed by atoms with Crippen LogP contribution in [0.25, 0.3) is 0 Å². The molecule has 1 aromatic rings. The van der Waals surface area contributed by atoms with Gasteiger partial charge in [-0.1, -0.05) is 51.1 Å². The van der Waals surface area contributed by atoms with Gasteiger partial charge in [0.2, 0.25) is 0 Å². The summed E-state index contributed by atoms with van der Waals surface area (Å²) in [6.07, 6.45) is 6.21. The van der Waals surface area contributed by atoms with Crippen LogP contribution in [0.3, 0.4) is 0 Å². The van der Waals surface area contributed by atoms with Crippen molar-refractivity contribution in [1.82, 2.24) is 4.90 Å². The van der Waals surface area contributed by atoms with Crippen molar-refractivity contribution >= 4 is 20.2 Å². The molecular weight excluding hydrogens is 442 g/mol. The standard InChI is InChI=1S/C28H43NO4Si/c1-27(2,3)32-26(31)29-19-22-15-10-9-13-20(22)17-23(29)25(33-34(7,8)28(4,5)6)18-21-14-11-12-16-24(21)30/h9-10,12-13,15-16,21,23,25H,11,14,17-19H2,1-8H3/t21?,23-,25+/m0/s1. The van der Waals surface area contributed by atoms with E-state index in [1.54, 1.807) is 6.08 Å². The third-order valence-electron chi connectivity index (χ3n) is 7.48. The smallest absolute Gasteiger partial charge is 0.410 e. The van der Waals surface area contributed by atoms with Crippen LogP contribution >= 0.6 is 0 Å². The largest absolute Gasteiger partial charge is 0.444 e. The van der Waals surface area contributed by atoms with E-state index < -0.39 is 13.9 Å². The Bertz CT molecular complexity index is 925. The minimum absolute atomic E-state index is 0.0189. The monoisotopic (exact) mass is 485 g/mol. The molecule has 0 saturated carbocycles. The van der Waals surface area contributed by atoms with Crippen LogP contribution in [0.4, 0.5) is 4.79 Å². The Morgan fingerprint density at radius 2 is 1.76 bits per heavy atom. The quantitative estimate of drug-likeness (QED) is 0.437. The first kappa shape index (κ1) is 26.7. The van der Waals surface area contributed by atoms with E-state index in [1.807, 2.05) is 37.8 Å². The summed E-state index contributed by atoms with van der Waals surface area (Å²) in [7, 11) is -2.17. The van der Waals surface area contributed by atoms with Crippen molar-refractivity contribution in [1.29, 1.82) is 0 Å². The first-order valence-corrected chi connectivity index (χ1v) is 15.5. The van der Waals surface area contributed by atoms with Gasteiger partial charge in [-0.05, 0) is 81.8 Å². The summed E-state index contributed by atoms with van der Waals surface area (Å²) in [5.74, 6) is 0.104. The van der Waals surface area contributed by atoms with E-state index in [2.05, 4.69) is 52.1 Å². The molecule has 1 aliphatic carbocycles. The van der Waals surface area contributed by atoms with E-state index in [-0.39, 0.29) is 35.0 Å². The topological polar surface area (TPSA) is 55.8 Å². The SMILES string of the molecule is CC(C)(C)OC(=O)N1Cc2ccccc2C[C@H]1[C@@H](CC1CCC=CC1=O)O[Si](C)(C)C(C)(C)C. The van der Waals surface area contributed by atoms with Crippen LogP contribution in [0.1, 0.15) is 71.9 Å². The van der Waals surface area contributed by atoms with Crippen molar-refractivity contribution in [3.8, 4) is 0 Å². The number of hydrogen-bond acceptors (Lipinski definition) is 4. The molecule has 0 fully saturated rings. The number of carbonyl (C=O) groups is 2. The van der Waals surface area contributed by atoms with Gasteiger partial charge in [0.1, 0.15) is 5.60 Å². The van der Waals surface area contributed by atoms with E-state index in [1.165, 1.54) is 5.56 Å². The van der Waals surface area contributed by atoms with Gasteiger partial charge >= 0.3 is 6.09 Å². The number of ether oxygens (including phenoxy) is 1. The molecule has 1 aliphatic heterocycles. The molecule has 0 radical (unpaired) electrons. The Morgan fingerprint density at radius 3 is 2.35 bits per heavy atom. The number of carbonyl (C=O) groups excluding carboxylic acids is 2. The van der Waals surface area contributed by atoms with E-state index >= 15 is 0 Å². The second-order valence-electron chi connectivity index (χ2n) is 12.4. The number of nitrogens with zero attached hydrogens (tertiary/aromatic N) is 1. The Balaban J connectivity index is 2.00. The lowest BCUT2D eigenvalue weighted by atomic mass is 9.83. The zero-order valence-electron chi connectivity index (χ0n) is 22.3. The van der Waals surface area contributed by atoms with E-state index in [0.29, 0.717) is 19.4 Å². The van der Waals surface area contributed by atoms with Gasteiger partial charge in [-0.25, -0.2) is 4.79 Å². The summed E-state index contributed by atoms with van der Waals surface area (Å²) >= 11 is 0. The van der Waals surface area contributed by atoms with Gasteiger partial charge in [-0.2, -0.15) is 0 Å². The summed E-state index contributed by atoms with van der Waals surface area (Å²) in [5.41, 5.74) is 1.80. The van der Waals surface area contributed by atoms with E-state index in [4.69, 9.17) is 9.16 Å². The predicted molar refractivity (Wildman–Crippen MR) is 139 cm³/mol. The zero-order valence-corrected chi connectivity index (χ0v) is 23.3. The Morgan fingerprint density at radius 1 is 1.12 bits per heavy atom. The minimum Gasteiger partial charge on any atom is -0.444 e. The fraction of sp³-hybridized carbons (Fsp3) is 0.643. The molecule has 1 amide bonds. The zero-order chi connectivity index (χ0) is 25.3. The fourth-order valence-electron chi connectivity index (χ4n) is 4.53. The Kier molecular flexibility index (Phi) is 7.83. The molecule has 5 nitrogen and oxygen atoms in total. The molecule has 1 aromatic carbocycles. The summed E-state index contributed by atoms with van der Waals surface area (Å²) in [4.78, 5) is 28.0. The van der Waals surface area contributed by atoms with Crippen molar-refractivity contribution < 1.29 is 18.8 Å². The number of hydrogen-bond donors (Lipinski definition) is 0. The number of benzene rings is 1. The van der Waals surface area contributed by atoms with Gasteiger partial charge in [0.15, 0.2) is 14.1 Å². The maximum atomic E-state index is 13.4. The first-order chi connectivity index (χ1) is 15.7. The van der Waals surface area contributed by atoms with Crippen LogP contribution < -0.4 is 0 Å². The number of allylic oxidation sites excluding steroid dienone is 2. The number of fused-ring (bicyclic) bond motifs is 1. The third-order valence-corrected chi connectivity index (χ3v) is 12.0. The normalized spacial score (nSPS) is 22.4. The maximum Gasteiger partial charge on any atom is 0.410 e. The van der Waals surface area contributed by atoms with E-state index in [9.17, 15) is 9.59 Å². The molecule has 0 spiro atoms. The van der Waals surface area contributed by atoms with Crippen molar-refractivity contribution in [3.63, 3.8) is 0 Å². The van der Waals surface area contributed by atoms with Crippen molar-refractivity contribution in [3.05, 3.63) is 47.5 Å². The summed E-state index contributed by atoms with van der Waals surface area (Å²) in [6.45, 7) is 17.4. The lowest BCUT2D eigenvalue weighted by Gasteiger charge is -2.46. The lowest BCUT2D eigenvalue weighted by molar-refractivity contribution is -0.120. The second kappa shape index (κ2) is 9.98. The average molecular weight is 486 g/mol. The van der Waals surface area contributed by atoms with Crippen molar-refractivity contribution in [2.24, 2.45) is 5.92 Å². The Hall–Kier alpha value is -1.92. The van der Waals surface area contributed by atoms with Gasteiger partial charge in [0, 0.05) is 12.5 Å². The highest BCUT2D eigenvalue weighted by atomic mass is 28.4. The van der Waals surface area contributed by atoms with Gasteiger partial charge in [0.25, 0.3) is 0 Å². The summed E-state index contributed by atoms with van der Waals surface area (Å²) < 4.78 is 12.9. The van der Waals surface area contributed by atoms with Gasteiger partial charge in [-0.15, -0.1) is 0 Å². The molecular formula is C28H43NO4Si. The molecule has 3 rings (SSSR count). The molecule has 1 heterocycles. The molecule has 3 atom stereocenters. The molecule has 0 bridgehead atoms. The van der Waals surface area contributed by atoms with Crippen molar-refractivity contribution in [2.75, 3.05) is 0 Å². The number of rotatable bonds is 5. The van der Waals surface area contributed by atoms with Gasteiger partial charge < -0.3 is 9.16 Å². The molecule has 6 heteroatoms. The van der Waals surface area contributed by atoms with Crippen LogP contribution in [0, 0.1) is 5.92 Å². The summed E-state index contributed by atoms with van der Waals surface area (Å²) in [5, 5.41) is 0.0189. The molecule has 34 heavy (non-hydrogen) atoms. The maximum absolute atomic E-state index is 13.4. The molecule has 188 valence electrons. The fourth-order valence-corrected chi connectivity index (χ4v) is 5.89. The molecule has 0 N–H and O–H groups in total. The van der Waals surface area contributed by atoms with Crippen molar-refractivity contribution in [2.45, 2.75) is 110 Å². The molecule has 1 unspecified atom stereocenters. The van der Waals surface area contributed by atoms with Gasteiger partial charge in [-0.3, -0.25) is 9.69 Å². The highest BCUT2D eigenvalue weighted by Crippen LogP contribution is 2.40. The summed E-state index contributed by atoms with van der Waals surface area (Å²) in [6, 6.07) is 8.12. The number of amides is 1. The second-order valence-corrected chi connectivity index (χ2v) is 17.1. The molecule has 2 aliphatic rings. The molecule has 0 aromatic heterocycles. The number of ketones is 1. The highest BCUT2D eigenvalue weighted by Gasteiger charge is 2.45. The Labute approximate surface area is 207 Å². The highest BCUT2D eigenvalue weighted by molar-refractivity contribution is 6.74. The third kappa shape index (κ3) is 6.39. The minimum atomic E-state index is -2.17.